The second kappa shape index (κ2) is 6.94. The maximum Gasteiger partial charge on any atom is 0.332 e. The van der Waals surface area contributed by atoms with Crippen molar-refractivity contribution in [1.82, 2.24) is 5.32 Å². The summed E-state index contributed by atoms with van der Waals surface area (Å²) in [5.74, 6) is -1.46. The zero-order chi connectivity index (χ0) is 11.0. The van der Waals surface area contributed by atoms with E-state index in [9.17, 15) is 9.59 Å². The molecule has 5 nitrogen and oxygen atoms in total. The van der Waals surface area contributed by atoms with Gasteiger partial charge >= 0.3 is 11.9 Å². The fourth-order valence-corrected chi connectivity index (χ4v) is 0.594. The van der Waals surface area contributed by atoms with E-state index in [1.807, 2.05) is 6.92 Å². The zero-order valence-corrected chi connectivity index (χ0v) is 8.32. The molecule has 0 amide bonds. The molecule has 0 saturated carbocycles. The summed E-state index contributed by atoms with van der Waals surface area (Å²) >= 11 is 0. The van der Waals surface area contributed by atoms with Gasteiger partial charge in [-0.05, 0) is 13.3 Å². The lowest BCUT2D eigenvalue weighted by Crippen LogP contribution is -2.18. The maximum absolute atomic E-state index is 11.0. The number of carbonyl (C=O) groups is 2. The quantitative estimate of drug-likeness (QED) is 0.484. The lowest BCUT2D eigenvalue weighted by molar-refractivity contribution is -0.142. The fourth-order valence-electron chi connectivity index (χ4n) is 0.594. The minimum Gasteiger partial charge on any atom is -0.480 e. The number of hydrogen-bond acceptors (Lipinski definition) is 4. The molecule has 0 aliphatic carbocycles. The number of nitrogens with one attached hydrogen (secondary N) is 1. The Morgan fingerprint density at radius 3 is 2.71 bits per heavy atom. The van der Waals surface area contributed by atoms with E-state index in [0.717, 1.165) is 12.5 Å². The van der Waals surface area contributed by atoms with Crippen LogP contribution >= 0.6 is 0 Å². The third-order valence-electron chi connectivity index (χ3n) is 1.48. The molecule has 1 atom stereocenters. The largest absolute Gasteiger partial charge is 0.480 e. The van der Waals surface area contributed by atoms with Gasteiger partial charge in [-0.25, -0.2) is 4.79 Å². The molecular weight excluding hydrogens is 186 g/mol. The maximum atomic E-state index is 11.0. The standard InChI is InChI=1S/C9H15NO4/c1-3-7(2)14-9(13)4-5-10-6-8(11)12/h4-5,7,10H,3,6H2,1-2H3,(H,11,12). The third-order valence-corrected chi connectivity index (χ3v) is 1.48. The summed E-state index contributed by atoms with van der Waals surface area (Å²) in [6.07, 6.45) is 3.06. The van der Waals surface area contributed by atoms with Crippen molar-refractivity contribution in [3.8, 4) is 0 Å². The van der Waals surface area contributed by atoms with Crippen LogP contribution in [0.4, 0.5) is 0 Å². The van der Waals surface area contributed by atoms with E-state index in [1.54, 1.807) is 6.92 Å². The number of ether oxygens (including phenoxy) is 1. The molecule has 0 spiro atoms. The average molecular weight is 201 g/mol. The van der Waals surface area contributed by atoms with Crippen LogP contribution in [0.1, 0.15) is 20.3 Å². The first-order valence-electron chi connectivity index (χ1n) is 4.38. The number of carbonyl (C=O) groups excluding carboxylic acids is 1. The van der Waals surface area contributed by atoms with Crippen LogP contribution in [-0.2, 0) is 14.3 Å². The summed E-state index contributed by atoms with van der Waals surface area (Å²) in [5.41, 5.74) is 0. The number of carboxylic acid groups (broad SMARTS) is 1. The van der Waals surface area contributed by atoms with Crippen LogP contribution in [-0.4, -0.2) is 29.7 Å². The Labute approximate surface area is 82.7 Å². The first-order valence-corrected chi connectivity index (χ1v) is 4.38. The molecule has 80 valence electrons. The second-order valence-electron chi connectivity index (χ2n) is 2.76. The van der Waals surface area contributed by atoms with Gasteiger partial charge in [0.15, 0.2) is 0 Å². The van der Waals surface area contributed by atoms with E-state index in [1.165, 1.54) is 6.20 Å². The number of esters is 1. The highest BCUT2D eigenvalue weighted by Crippen LogP contribution is 1.96. The van der Waals surface area contributed by atoms with E-state index in [4.69, 9.17) is 9.84 Å². The molecule has 0 aromatic carbocycles. The Kier molecular flexibility index (Phi) is 6.19. The van der Waals surface area contributed by atoms with Crippen LogP contribution in [0, 0.1) is 0 Å². The summed E-state index contributed by atoms with van der Waals surface area (Å²) in [6, 6.07) is 0. The van der Waals surface area contributed by atoms with Gasteiger partial charge in [0.05, 0.1) is 6.10 Å². The van der Waals surface area contributed by atoms with Crippen molar-refractivity contribution >= 4 is 11.9 Å². The van der Waals surface area contributed by atoms with Crippen molar-refractivity contribution in [2.24, 2.45) is 0 Å². The van der Waals surface area contributed by atoms with Crippen molar-refractivity contribution in [2.75, 3.05) is 6.54 Å². The van der Waals surface area contributed by atoms with Crippen LogP contribution in [0.2, 0.25) is 0 Å². The van der Waals surface area contributed by atoms with Gasteiger partial charge in [-0.3, -0.25) is 4.79 Å². The van der Waals surface area contributed by atoms with Crippen molar-refractivity contribution < 1.29 is 19.4 Å². The first kappa shape index (κ1) is 12.5. The molecule has 0 aliphatic rings. The highest BCUT2D eigenvalue weighted by atomic mass is 16.5. The number of hydrogen-bond donors (Lipinski definition) is 2. The summed E-state index contributed by atoms with van der Waals surface area (Å²) in [7, 11) is 0. The summed E-state index contributed by atoms with van der Waals surface area (Å²) < 4.78 is 4.89. The Morgan fingerprint density at radius 1 is 1.57 bits per heavy atom. The molecule has 1 unspecified atom stereocenters. The lowest BCUT2D eigenvalue weighted by Gasteiger charge is -2.07. The third kappa shape index (κ3) is 7.15. The highest BCUT2D eigenvalue weighted by molar-refractivity contribution is 5.82. The van der Waals surface area contributed by atoms with Gasteiger partial charge in [-0.1, -0.05) is 6.92 Å². The molecule has 14 heavy (non-hydrogen) atoms. The van der Waals surface area contributed by atoms with Crippen LogP contribution in [0.3, 0.4) is 0 Å². The summed E-state index contributed by atoms with van der Waals surface area (Å²) in [4.78, 5) is 21.0. The molecule has 0 aliphatic heterocycles. The molecule has 2 N–H and O–H groups in total. The van der Waals surface area contributed by atoms with E-state index < -0.39 is 11.9 Å². The molecule has 0 rings (SSSR count). The Morgan fingerprint density at radius 2 is 2.21 bits per heavy atom. The molecule has 0 saturated heterocycles. The van der Waals surface area contributed by atoms with Crippen LogP contribution in [0.5, 0.6) is 0 Å². The van der Waals surface area contributed by atoms with Crippen LogP contribution in [0.15, 0.2) is 12.3 Å². The van der Waals surface area contributed by atoms with Crippen molar-refractivity contribution in [1.29, 1.82) is 0 Å². The van der Waals surface area contributed by atoms with Gasteiger partial charge in [0.1, 0.15) is 6.54 Å². The summed E-state index contributed by atoms with van der Waals surface area (Å²) in [6.45, 7) is 3.48. The summed E-state index contributed by atoms with van der Waals surface area (Å²) in [5, 5.41) is 10.7. The highest BCUT2D eigenvalue weighted by Gasteiger charge is 2.02. The lowest BCUT2D eigenvalue weighted by atomic mass is 10.3. The number of carboxylic acids is 1. The van der Waals surface area contributed by atoms with Gasteiger partial charge in [0.25, 0.3) is 0 Å². The molecular formula is C9H15NO4. The molecule has 0 bridgehead atoms. The monoisotopic (exact) mass is 201 g/mol. The zero-order valence-electron chi connectivity index (χ0n) is 8.32. The fraction of sp³-hybridized carbons (Fsp3) is 0.556. The van der Waals surface area contributed by atoms with Crippen LogP contribution in [0.25, 0.3) is 0 Å². The Bertz CT molecular complexity index is 225. The van der Waals surface area contributed by atoms with E-state index >= 15 is 0 Å². The van der Waals surface area contributed by atoms with E-state index in [2.05, 4.69) is 5.32 Å². The minimum atomic E-state index is -0.982. The van der Waals surface area contributed by atoms with E-state index in [-0.39, 0.29) is 12.6 Å². The molecule has 0 radical (unpaired) electrons. The van der Waals surface area contributed by atoms with Crippen molar-refractivity contribution in [3.05, 3.63) is 12.3 Å². The van der Waals surface area contributed by atoms with Gasteiger partial charge in [0, 0.05) is 12.3 Å². The van der Waals surface area contributed by atoms with Gasteiger partial charge in [-0.2, -0.15) is 0 Å². The SMILES string of the molecule is CCC(C)OC(=O)C=CNCC(=O)O. The second-order valence-corrected chi connectivity index (χ2v) is 2.76. The average Bonchev–Trinajstić information content (AvgIpc) is 2.12. The molecule has 5 heteroatoms. The van der Waals surface area contributed by atoms with Crippen LogP contribution < -0.4 is 5.32 Å². The normalized spacial score (nSPS) is 12.4. The number of aliphatic carboxylic acids is 1. The van der Waals surface area contributed by atoms with Gasteiger partial charge in [-0.15, -0.1) is 0 Å². The predicted octanol–water partition coefficient (Wildman–Crippen LogP) is 0.516. The predicted molar refractivity (Wildman–Crippen MR) is 50.6 cm³/mol. The topological polar surface area (TPSA) is 75.6 Å². The van der Waals surface area contributed by atoms with Gasteiger partial charge in [0.2, 0.25) is 0 Å². The molecule has 0 fully saturated rings. The van der Waals surface area contributed by atoms with E-state index in [0.29, 0.717) is 0 Å². The molecule has 0 aromatic heterocycles. The Balaban J connectivity index is 3.66. The van der Waals surface area contributed by atoms with Gasteiger partial charge < -0.3 is 15.2 Å². The number of rotatable bonds is 6. The molecule has 0 aromatic rings. The van der Waals surface area contributed by atoms with Crippen molar-refractivity contribution in [3.63, 3.8) is 0 Å². The van der Waals surface area contributed by atoms with Crippen molar-refractivity contribution in [2.45, 2.75) is 26.4 Å². The Hall–Kier alpha value is -1.52. The molecule has 0 heterocycles. The smallest absolute Gasteiger partial charge is 0.332 e. The first-order chi connectivity index (χ1) is 6.56. The minimum absolute atomic E-state index is 0.119.